The normalized spacial score (nSPS) is 17.5. The van der Waals surface area contributed by atoms with E-state index in [1.807, 2.05) is 0 Å². The fraction of sp³-hybridized carbons (Fsp3) is 0.364. The van der Waals surface area contributed by atoms with E-state index in [9.17, 15) is 13.6 Å². The maximum atomic E-state index is 12.7. The zero-order valence-electron chi connectivity index (χ0n) is 9.04. The van der Waals surface area contributed by atoms with Gasteiger partial charge in [0.2, 0.25) is 0 Å². The number of halogens is 3. The van der Waals surface area contributed by atoms with Gasteiger partial charge in [0.1, 0.15) is 5.75 Å². The number of alkyl halides is 2. The molecule has 0 unspecified atom stereocenters. The summed E-state index contributed by atoms with van der Waals surface area (Å²) in [6.07, 6.45) is 0. The van der Waals surface area contributed by atoms with Crippen LogP contribution in [0.2, 0.25) is 0 Å². The third-order valence-corrected chi connectivity index (χ3v) is 3.23. The van der Waals surface area contributed by atoms with E-state index in [4.69, 9.17) is 4.74 Å². The van der Waals surface area contributed by atoms with Crippen LogP contribution in [0.15, 0.2) is 22.7 Å². The second kappa shape index (κ2) is 4.25. The number of amides is 1. The fourth-order valence-electron chi connectivity index (χ4n) is 1.62. The number of likely N-dealkylation sites (tertiary alicyclic amines) is 1. The molecule has 1 aliphatic heterocycles. The highest BCUT2D eigenvalue weighted by molar-refractivity contribution is 9.10. The minimum absolute atomic E-state index is 0.333. The van der Waals surface area contributed by atoms with Crippen molar-refractivity contribution in [3.63, 3.8) is 0 Å². The highest BCUT2D eigenvalue weighted by atomic mass is 79.9. The van der Waals surface area contributed by atoms with Gasteiger partial charge in [-0.3, -0.25) is 4.79 Å². The number of hydrogen-bond donors (Lipinski definition) is 0. The third kappa shape index (κ3) is 2.41. The third-order valence-electron chi connectivity index (χ3n) is 2.54. The van der Waals surface area contributed by atoms with Crippen molar-refractivity contribution in [3.05, 3.63) is 28.2 Å². The van der Waals surface area contributed by atoms with E-state index < -0.39 is 24.9 Å². The topological polar surface area (TPSA) is 29.5 Å². The largest absolute Gasteiger partial charge is 0.497 e. The van der Waals surface area contributed by atoms with Crippen molar-refractivity contribution in [2.24, 2.45) is 0 Å². The lowest BCUT2D eigenvalue weighted by atomic mass is 10.1. The van der Waals surface area contributed by atoms with Gasteiger partial charge in [-0.25, -0.2) is 8.78 Å². The first-order chi connectivity index (χ1) is 7.93. The van der Waals surface area contributed by atoms with Crippen molar-refractivity contribution in [3.8, 4) is 5.75 Å². The highest BCUT2D eigenvalue weighted by Gasteiger charge is 2.46. The van der Waals surface area contributed by atoms with Crippen LogP contribution >= 0.6 is 15.9 Å². The molecule has 1 aromatic rings. The Morgan fingerprint density at radius 3 is 2.65 bits per heavy atom. The zero-order chi connectivity index (χ0) is 12.6. The molecule has 17 heavy (non-hydrogen) atoms. The molecule has 1 aromatic carbocycles. The SMILES string of the molecule is COc1ccc(Br)c(C(=O)N2CC(F)(F)C2)c1. The molecule has 92 valence electrons. The number of carbonyl (C=O) groups is 1. The van der Waals surface area contributed by atoms with Gasteiger partial charge < -0.3 is 9.64 Å². The van der Waals surface area contributed by atoms with Crippen molar-refractivity contribution in [1.29, 1.82) is 0 Å². The first-order valence-corrected chi connectivity index (χ1v) is 5.73. The lowest BCUT2D eigenvalue weighted by Gasteiger charge is -2.38. The summed E-state index contributed by atoms with van der Waals surface area (Å²) in [4.78, 5) is 13.0. The standard InChI is InChI=1S/C11H10BrF2NO2/c1-17-7-2-3-9(12)8(4-7)10(16)15-5-11(13,14)6-15/h2-4H,5-6H2,1H3. The predicted molar refractivity (Wildman–Crippen MR) is 61.5 cm³/mol. The lowest BCUT2D eigenvalue weighted by molar-refractivity contribution is -0.113. The van der Waals surface area contributed by atoms with Crippen molar-refractivity contribution < 1.29 is 18.3 Å². The summed E-state index contributed by atoms with van der Waals surface area (Å²) in [7, 11) is 1.48. The van der Waals surface area contributed by atoms with Gasteiger partial charge in [-0.15, -0.1) is 0 Å². The van der Waals surface area contributed by atoms with E-state index in [0.29, 0.717) is 15.8 Å². The Balaban J connectivity index is 2.20. The number of nitrogens with zero attached hydrogens (tertiary/aromatic N) is 1. The molecule has 6 heteroatoms. The van der Waals surface area contributed by atoms with E-state index in [1.165, 1.54) is 13.2 Å². The minimum Gasteiger partial charge on any atom is -0.497 e. The van der Waals surface area contributed by atoms with Crippen molar-refractivity contribution >= 4 is 21.8 Å². The van der Waals surface area contributed by atoms with Crippen LogP contribution in [0.5, 0.6) is 5.75 Å². The number of benzene rings is 1. The molecule has 0 atom stereocenters. The number of hydrogen-bond acceptors (Lipinski definition) is 2. The molecule has 0 spiro atoms. The average molecular weight is 306 g/mol. The van der Waals surface area contributed by atoms with Crippen LogP contribution in [0.3, 0.4) is 0 Å². The van der Waals surface area contributed by atoms with Gasteiger partial charge in [0.15, 0.2) is 0 Å². The van der Waals surface area contributed by atoms with E-state index in [-0.39, 0.29) is 0 Å². The van der Waals surface area contributed by atoms with Gasteiger partial charge >= 0.3 is 0 Å². The molecule has 2 rings (SSSR count). The van der Waals surface area contributed by atoms with Gasteiger partial charge in [-0.05, 0) is 34.1 Å². The van der Waals surface area contributed by atoms with Crippen molar-refractivity contribution in [1.82, 2.24) is 4.90 Å². The highest BCUT2D eigenvalue weighted by Crippen LogP contribution is 2.30. The van der Waals surface area contributed by atoms with Crippen LogP contribution in [0.1, 0.15) is 10.4 Å². The molecule has 0 bridgehead atoms. The van der Waals surface area contributed by atoms with E-state index in [2.05, 4.69) is 15.9 Å². The molecule has 0 aromatic heterocycles. The van der Waals surface area contributed by atoms with Gasteiger partial charge in [-0.1, -0.05) is 0 Å². The second-order valence-electron chi connectivity index (χ2n) is 3.86. The van der Waals surface area contributed by atoms with Gasteiger partial charge in [0.25, 0.3) is 11.8 Å². The molecular weight excluding hydrogens is 296 g/mol. The second-order valence-corrected chi connectivity index (χ2v) is 4.72. The Morgan fingerprint density at radius 2 is 2.12 bits per heavy atom. The van der Waals surface area contributed by atoms with E-state index in [0.717, 1.165) is 4.90 Å². The summed E-state index contributed by atoms with van der Waals surface area (Å²) in [5.41, 5.74) is 0.333. The molecule has 3 nitrogen and oxygen atoms in total. The smallest absolute Gasteiger partial charge is 0.282 e. The van der Waals surface area contributed by atoms with Crippen LogP contribution in [0.25, 0.3) is 0 Å². The van der Waals surface area contributed by atoms with Crippen LogP contribution in [0, 0.1) is 0 Å². The molecule has 1 heterocycles. The summed E-state index contributed by atoms with van der Waals surface area (Å²) in [6, 6.07) is 4.87. The maximum Gasteiger partial charge on any atom is 0.282 e. The Morgan fingerprint density at radius 1 is 1.47 bits per heavy atom. The quantitative estimate of drug-likeness (QED) is 0.840. The van der Waals surface area contributed by atoms with Gasteiger partial charge in [-0.2, -0.15) is 0 Å². The first-order valence-electron chi connectivity index (χ1n) is 4.93. The van der Waals surface area contributed by atoms with Crippen molar-refractivity contribution in [2.75, 3.05) is 20.2 Å². The number of ether oxygens (including phenoxy) is 1. The summed E-state index contributed by atoms with van der Waals surface area (Å²) >= 11 is 3.22. The summed E-state index contributed by atoms with van der Waals surface area (Å²) in [5.74, 6) is -2.65. The maximum absolute atomic E-state index is 12.7. The number of carbonyl (C=O) groups excluding carboxylic acids is 1. The monoisotopic (exact) mass is 305 g/mol. The molecule has 1 fully saturated rings. The fourth-order valence-corrected chi connectivity index (χ4v) is 2.04. The molecule has 0 N–H and O–H groups in total. The molecule has 0 radical (unpaired) electrons. The van der Waals surface area contributed by atoms with Gasteiger partial charge in [0, 0.05) is 4.47 Å². The zero-order valence-corrected chi connectivity index (χ0v) is 10.6. The molecule has 0 saturated carbocycles. The summed E-state index contributed by atoms with van der Waals surface area (Å²) in [5, 5.41) is 0. The van der Waals surface area contributed by atoms with Crippen LogP contribution in [0.4, 0.5) is 8.78 Å². The lowest BCUT2D eigenvalue weighted by Crippen LogP contribution is -2.58. The van der Waals surface area contributed by atoms with E-state index in [1.54, 1.807) is 12.1 Å². The van der Waals surface area contributed by atoms with Crippen molar-refractivity contribution in [2.45, 2.75) is 5.92 Å². The Bertz CT molecular complexity index is 457. The van der Waals surface area contributed by atoms with Crippen LogP contribution in [-0.2, 0) is 0 Å². The van der Waals surface area contributed by atoms with Crippen LogP contribution < -0.4 is 4.74 Å². The number of rotatable bonds is 2. The first kappa shape index (κ1) is 12.3. The molecule has 1 aliphatic rings. The number of methoxy groups -OCH3 is 1. The molecule has 1 amide bonds. The molecule has 1 saturated heterocycles. The summed E-state index contributed by atoms with van der Waals surface area (Å²) in [6.45, 7) is -1.04. The summed E-state index contributed by atoms with van der Waals surface area (Å²) < 4.78 is 30.9. The molecular formula is C11H10BrF2NO2. The Kier molecular flexibility index (Phi) is 3.07. The van der Waals surface area contributed by atoms with Gasteiger partial charge in [0.05, 0.1) is 25.8 Å². The minimum atomic E-state index is -2.75. The van der Waals surface area contributed by atoms with E-state index >= 15 is 0 Å². The predicted octanol–water partition coefficient (Wildman–Crippen LogP) is 2.55. The molecule has 0 aliphatic carbocycles. The Labute approximate surface area is 105 Å². The average Bonchev–Trinajstić information content (AvgIpc) is 2.25. The Hall–Kier alpha value is -1.17. The van der Waals surface area contributed by atoms with Crippen LogP contribution in [-0.4, -0.2) is 36.9 Å².